The van der Waals surface area contributed by atoms with Gasteiger partial charge in [0.05, 0.1) is 42.1 Å². The molecule has 0 aliphatic rings. The van der Waals surface area contributed by atoms with Gasteiger partial charge < -0.3 is 24.8 Å². The van der Waals surface area contributed by atoms with Gasteiger partial charge in [-0.1, -0.05) is 29.3 Å². The molecule has 30 heavy (non-hydrogen) atoms. The summed E-state index contributed by atoms with van der Waals surface area (Å²) in [5, 5.41) is 5.64. The van der Waals surface area contributed by atoms with Crippen molar-refractivity contribution >= 4 is 52.4 Å². The molecule has 0 bridgehead atoms. The van der Waals surface area contributed by atoms with E-state index in [1.165, 1.54) is 14.2 Å². The first-order valence-corrected chi connectivity index (χ1v) is 9.51. The van der Waals surface area contributed by atoms with Crippen LogP contribution in [0.1, 0.15) is 12.8 Å². The Morgan fingerprint density at radius 1 is 0.900 bits per heavy atom. The largest absolute Gasteiger partial charge is 0.497 e. The van der Waals surface area contributed by atoms with Crippen LogP contribution in [0.5, 0.6) is 11.5 Å². The first-order valence-electron chi connectivity index (χ1n) is 8.75. The van der Waals surface area contributed by atoms with E-state index in [4.69, 9.17) is 37.4 Å². The zero-order valence-corrected chi connectivity index (χ0v) is 17.8. The van der Waals surface area contributed by atoms with E-state index in [9.17, 15) is 14.4 Å². The Kier molecular flexibility index (Phi) is 8.76. The normalized spacial score (nSPS) is 10.1. The van der Waals surface area contributed by atoms with Gasteiger partial charge in [0.1, 0.15) is 11.5 Å². The zero-order valence-electron chi connectivity index (χ0n) is 16.3. The van der Waals surface area contributed by atoms with E-state index in [-0.39, 0.29) is 17.9 Å². The number of rotatable bonds is 9. The van der Waals surface area contributed by atoms with Gasteiger partial charge in [0.15, 0.2) is 6.61 Å². The van der Waals surface area contributed by atoms with Crippen molar-refractivity contribution in [3.05, 3.63) is 46.4 Å². The summed E-state index contributed by atoms with van der Waals surface area (Å²) in [4.78, 5) is 35.8. The van der Waals surface area contributed by atoms with Gasteiger partial charge in [0.2, 0.25) is 5.91 Å². The maximum absolute atomic E-state index is 12.0. The van der Waals surface area contributed by atoms with Crippen LogP contribution in [0.25, 0.3) is 0 Å². The highest BCUT2D eigenvalue weighted by Gasteiger charge is 2.14. The van der Waals surface area contributed by atoms with Crippen molar-refractivity contribution in [2.45, 2.75) is 12.8 Å². The monoisotopic (exact) mass is 454 g/mol. The minimum Gasteiger partial charge on any atom is -0.497 e. The second-order valence-electron chi connectivity index (χ2n) is 5.92. The number of amides is 2. The molecule has 2 amide bonds. The van der Waals surface area contributed by atoms with Crippen LogP contribution in [0, 0.1) is 0 Å². The van der Waals surface area contributed by atoms with Crippen LogP contribution in [0.3, 0.4) is 0 Å². The molecule has 2 aromatic carbocycles. The molecular formula is C20H20Cl2N2O6. The Hall–Kier alpha value is -2.97. The number of ether oxygens (including phenoxy) is 3. The Bertz CT molecular complexity index is 936. The van der Waals surface area contributed by atoms with Gasteiger partial charge in [-0.3, -0.25) is 14.4 Å². The molecule has 0 radical (unpaired) electrons. The fourth-order valence-corrected chi connectivity index (χ4v) is 2.68. The second-order valence-corrected chi connectivity index (χ2v) is 6.71. The van der Waals surface area contributed by atoms with E-state index >= 15 is 0 Å². The highest BCUT2D eigenvalue weighted by Crippen LogP contribution is 2.30. The van der Waals surface area contributed by atoms with Crippen molar-refractivity contribution in [3.8, 4) is 11.5 Å². The number of benzene rings is 2. The van der Waals surface area contributed by atoms with Crippen LogP contribution >= 0.6 is 23.2 Å². The van der Waals surface area contributed by atoms with Crippen molar-refractivity contribution in [2.75, 3.05) is 31.5 Å². The summed E-state index contributed by atoms with van der Waals surface area (Å²) >= 11 is 11.9. The topological polar surface area (TPSA) is 103 Å². The van der Waals surface area contributed by atoms with E-state index in [0.29, 0.717) is 27.9 Å². The number of carbonyl (C=O) groups excluding carboxylic acids is 3. The molecule has 2 rings (SSSR count). The summed E-state index contributed by atoms with van der Waals surface area (Å²) in [6, 6.07) is 9.66. The predicted molar refractivity (Wildman–Crippen MR) is 113 cm³/mol. The van der Waals surface area contributed by atoms with Gasteiger partial charge in [0, 0.05) is 12.5 Å². The average molecular weight is 455 g/mol. The molecule has 0 spiro atoms. The van der Waals surface area contributed by atoms with Crippen LogP contribution in [0.15, 0.2) is 36.4 Å². The Morgan fingerprint density at radius 2 is 1.63 bits per heavy atom. The van der Waals surface area contributed by atoms with Crippen molar-refractivity contribution in [2.24, 2.45) is 0 Å². The number of hydrogen-bond donors (Lipinski definition) is 2. The number of nitrogens with one attached hydrogen (secondary N) is 2. The average Bonchev–Trinajstić information content (AvgIpc) is 2.74. The van der Waals surface area contributed by atoms with Gasteiger partial charge in [-0.2, -0.15) is 0 Å². The van der Waals surface area contributed by atoms with Crippen molar-refractivity contribution in [1.82, 2.24) is 0 Å². The maximum Gasteiger partial charge on any atom is 0.306 e. The summed E-state index contributed by atoms with van der Waals surface area (Å²) in [5.74, 6) is -0.733. The van der Waals surface area contributed by atoms with Gasteiger partial charge >= 0.3 is 5.97 Å². The maximum atomic E-state index is 12.0. The van der Waals surface area contributed by atoms with Gasteiger partial charge in [-0.15, -0.1) is 0 Å². The molecular weight excluding hydrogens is 435 g/mol. The molecule has 0 saturated heterocycles. The Balaban J connectivity index is 1.77. The van der Waals surface area contributed by atoms with Gasteiger partial charge in [-0.25, -0.2) is 0 Å². The molecule has 2 aromatic rings. The zero-order chi connectivity index (χ0) is 22.1. The van der Waals surface area contributed by atoms with E-state index in [1.54, 1.807) is 36.4 Å². The molecule has 0 fully saturated rings. The number of methoxy groups -OCH3 is 2. The summed E-state index contributed by atoms with van der Waals surface area (Å²) in [6.07, 6.45) is -0.348. The number of halogens is 2. The summed E-state index contributed by atoms with van der Waals surface area (Å²) in [7, 11) is 2.96. The lowest BCUT2D eigenvalue weighted by Gasteiger charge is -2.12. The quantitative estimate of drug-likeness (QED) is 0.556. The molecule has 0 atom stereocenters. The minimum absolute atomic E-state index is 0.143. The Morgan fingerprint density at radius 3 is 2.33 bits per heavy atom. The van der Waals surface area contributed by atoms with Crippen molar-refractivity contribution in [1.29, 1.82) is 0 Å². The van der Waals surface area contributed by atoms with E-state index in [0.717, 1.165) is 0 Å². The van der Waals surface area contributed by atoms with E-state index < -0.39 is 24.4 Å². The lowest BCUT2D eigenvalue weighted by molar-refractivity contribution is -0.147. The third-order valence-corrected chi connectivity index (χ3v) is 4.65. The third-order valence-electron chi connectivity index (χ3n) is 3.83. The van der Waals surface area contributed by atoms with Crippen molar-refractivity contribution in [3.63, 3.8) is 0 Å². The van der Waals surface area contributed by atoms with Crippen LogP contribution < -0.4 is 20.1 Å². The van der Waals surface area contributed by atoms with E-state index in [2.05, 4.69) is 10.6 Å². The molecule has 0 saturated carbocycles. The second kappa shape index (κ2) is 11.3. The lowest BCUT2D eigenvalue weighted by atomic mass is 10.2. The molecule has 0 aliphatic carbocycles. The number of carbonyl (C=O) groups is 3. The molecule has 160 valence electrons. The van der Waals surface area contributed by atoms with E-state index in [1.807, 2.05) is 0 Å². The van der Waals surface area contributed by atoms with Crippen LogP contribution in [0.2, 0.25) is 10.0 Å². The molecule has 8 nitrogen and oxygen atoms in total. The van der Waals surface area contributed by atoms with Gasteiger partial charge in [0.25, 0.3) is 5.91 Å². The molecule has 0 aromatic heterocycles. The SMILES string of the molecule is COc1ccc(NC(=O)COC(=O)CCC(=O)Nc2cccc(Cl)c2Cl)c(OC)c1. The highest BCUT2D eigenvalue weighted by atomic mass is 35.5. The summed E-state index contributed by atoms with van der Waals surface area (Å²) in [6.45, 7) is -0.504. The standard InChI is InChI=1S/C20H20Cl2N2O6/c1-28-12-6-7-14(16(10-12)29-2)23-18(26)11-30-19(27)9-8-17(25)24-15-5-3-4-13(21)20(15)22/h3-7,10H,8-9,11H2,1-2H3,(H,23,26)(H,24,25). The predicted octanol–water partition coefficient (Wildman–Crippen LogP) is 3.91. The molecule has 0 heterocycles. The van der Waals surface area contributed by atoms with Gasteiger partial charge in [-0.05, 0) is 24.3 Å². The summed E-state index contributed by atoms with van der Waals surface area (Å²) in [5.41, 5.74) is 0.743. The molecule has 2 N–H and O–H groups in total. The van der Waals surface area contributed by atoms with Crippen LogP contribution in [-0.4, -0.2) is 38.6 Å². The summed E-state index contributed by atoms with van der Waals surface area (Å²) < 4.78 is 15.2. The highest BCUT2D eigenvalue weighted by molar-refractivity contribution is 6.44. The molecule has 10 heteroatoms. The smallest absolute Gasteiger partial charge is 0.306 e. The first-order chi connectivity index (χ1) is 14.3. The fraction of sp³-hybridized carbons (Fsp3) is 0.250. The number of hydrogen-bond acceptors (Lipinski definition) is 6. The molecule has 0 unspecified atom stereocenters. The third kappa shape index (κ3) is 6.82. The van der Waals surface area contributed by atoms with Crippen LogP contribution in [0.4, 0.5) is 11.4 Å². The number of esters is 1. The lowest BCUT2D eigenvalue weighted by Crippen LogP contribution is -2.22. The van der Waals surface area contributed by atoms with Crippen molar-refractivity contribution < 1.29 is 28.6 Å². The Labute approximate surface area is 183 Å². The van der Waals surface area contributed by atoms with Crippen LogP contribution in [-0.2, 0) is 19.1 Å². The fourth-order valence-electron chi connectivity index (χ4n) is 2.33. The minimum atomic E-state index is -0.695. The first kappa shape index (κ1) is 23.3. The number of anilines is 2. The molecule has 0 aliphatic heterocycles.